The first kappa shape index (κ1) is 17.9. The van der Waals surface area contributed by atoms with E-state index in [0.29, 0.717) is 43.9 Å². The maximum Gasteiger partial charge on any atom is 0.257 e. The minimum atomic E-state index is -0.358. The summed E-state index contributed by atoms with van der Waals surface area (Å²) >= 11 is 18.0. The summed E-state index contributed by atoms with van der Waals surface area (Å²) < 4.78 is 5.81. The number of oxazole rings is 1. The Labute approximate surface area is 169 Å². The zero-order valence-corrected chi connectivity index (χ0v) is 15.9. The van der Waals surface area contributed by atoms with Crippen LogP contribution in [0.4, 0.5) is 5.69 Å². The number of anilines is 1. The van der Waals surface area contributed by atoms with Gasteiger partial charge in [0.15, 0.2) is 5.58 Å². The average molecular weight is 418 g/mol. The Morgan fingerprint density at radius 2 is 1.67 bits per heavy atom. The van der Waals surface area contributed by atoms with Crippen molar-refractivity contribution in [2.45, 2.75) is 0 Å². The molecule has 7 heteroatoms. The topological polar surface area (TPSA) is 55.1 Å². The van der Waals surface area contributed by atoms with Gasteiger partial charge in [-0.05, 0) is 48.5 Å². The number of fused-ring (bicyclic) bond motifs is 1. The highest BCUT2D eigenvalue weighted by molar-refractivity contribution is 6.37. The molecule has 4 rings (SSSR count). The van der Waals surface area contributed by atoms with Gasteiger partial charge in [0.1, 0.15) is 5.52 Å². The molecule has 0 bridgehead atoms. The number of carbonyl (C=O) groups excluding carboxylic acids is 1. The molecule has 0 radical (unpaired) electrons. The average Bonchev–Trinajstić information content (AvgIpc) is 3.05. The van der Waals surface area contributed by atoms with Crippen LogP contribution in [0.5, 0.6) is 0 Å². The second-order valence-corrected chi connectivity index (χ2v) is 7.04. The summed E-state index contributed by atoms with van der Waals surface area (Å²) in [5.74, 6) is 0.0219. The fourth-order valence-corrected chi connectivity index (χ4v) is 3.32. The van der Waals surface area contributed by atoms with Gasteiger partial charge in [0.2, 0.25) is 5.89 Å². The van der Waals surface area contributed by atoms with Crippen molar-refractivity contribution in [2.75, 3.05) is 5.32 Å². The number of aromatic nitrogens is 1. The maximum atomic E-state index is 12.6. The van der Waals surface area contributed by atoms with E-state index in [1.165, 1.54) is 6.07 Å². The van der Waals surface area contributed by atoms with Crippen LogP contribution in [0.15, 0.2) is 65.1 Å². The van der Waals surface area contributed by atoms with E-state index in [0.717, 1.165) is 0 Å². The zero-order valence-electron chi connectivity index (χ0n) is 13.7. The van der Waals surface area contributed by atoms with Gasteiger partial charge < -0.3 is 9.73 Å². The highest BCUT2D eigenvalue weighted by Crippen LogP contribution is 2.32. The van der Waals surface area contributed by atoms with Gasteiger partial charge in [0.25, 0.3) is 5.91 Å². The van der Waals surface area contributed by atoms with Crippen LogP contribution in [0.3, 0.4) is 0 Å². The summed E-state index contributed by atoms with van der Waals surface area (Å²) in [6.45, 7) is 0. The van der Waals surface area contributed by atoms with Crippen LogP contribution in [-0.4, -0.2) is 10.9 Å². The molecule has 1 aromatic heterocycles. The molecular formula is C20H11Cl3N2O2. The van der Waals surface area contributed by atoms with Crippen LogP contribution in [0.2, 0.25) is 15.1 Å². The van der Waals surface area contributed by atoms with E-state index < -0.39 is 0 Å². The maximum absolute atomic E-state index is 12.6. The number of benzene rings is 3. The van der Waals surface area contributed by atoms with Gasteiger partial charge in [-0.15, -0.1) is 0 Å². The number of nitrogens with zero attached hydrogens (tertiary/aromatic N) is 1. The van der Waals surface area contributed by atoms with Crippen LogP contribution in [0, 0.1) is 0 Å². The molecule has 0 saturated carbocycles. The first-order valence-corrected chi connectivity index (χ1v) is 9.06. The Morgan fingerprint density at radius 1 is 0.926 bits per heavy atom. The molecule has 4 aromatic rings. The third-order valence-electron chi connectivity index (χ3n) is 3.93. The minimum absolute atomic E-state index is 0.272. The molecule has 27 heavy (non-hydrogen) atoms. The lowest BCUT2D eigenvalue weighted by atomic mass is 10.1. The third kappa shape index (κ3) is 3.65. The summed E-state index contributed by atoms with van der Waals surface area (Å²) in [6, 6.07) is 17.1. The molecule has 0 aliphatic heterocycles. The van der Waals surface area contributed by atoms with E-state index in [-0.39, 0.29) is 10.9 Å². The largest absolute Gasteiger partial charge is 0.436 e. The summed E-state index contributed by atoms with van der Waals surface area (Å²) in [7, 11) is 0. The van der Waals surface area contributed by atoms with Gasteiger partial charge in [0.05, 0.1) is 21.8 Å². The van der Waals surface area contributed by atoms with Crippen molar-refractivity contribution in [1.82, 2.24) is 4.98 Å². The monoisotopic (exact) mass is 416 g/mol. The fourth-order valence-electron chi connectivity index (χ4n) is 2.66. The van der Waals surface area contributed by atoms with Crippen molar-refractivity contribution in [3.63, 3.8) is 0 Å². The lowest BCUT2D eigenvalue weighted by Gasteiger charge is -2.10. The van der Waals surface area contributed by atoms with E-state index in [1.54, 1.807) is 36.4 Å². The smallest absolute Gasteiger partial charge is 0.257 e. The van der Waals surface area contributed by atoms with Crippen molar-refractivity contribution < 1.29 is 9.21 Å². The summed E-state index contributed by atoms with van der Waals surface area (Å²) in [4.78, 5) is 17.1. The molecule has 0 atom stereocenters. The van der Waals surface area contributed by atoms with Crippen molar-refractivity contribution in [2.24, 2.45) is 0 Å². The quantitative estimate of drug-likeness (QED) is 0.403. The van der Waals surface area contributed by atoms with Crippen LogP contribution in [0.1, 0.15) is 10.4 Å². The number of hydrogen-bond acceptors (Lipinski definition) is 3. The van der Waals surface area contributed by atoms with E-state index in [9.17, 15) is 4.79 Å². The molecule has 134 valence electrons. The van der Waals surface area contributed by atoms with Gasteiger partial charge in [-0.2, -0.15) is 0 Å². The first-order valence-electron chi connectivity index (χ1n) is 7.93. The number of rotatable bonds is 3. The Hall–Kier alpha value is -2.53. The van der Waals surface area contributed by atoms with Crippen molar-refractivity contribution in [3.8, 4) is 11.5 Å². The summed E-state index contributed by atoms with van der Waals surface area (Å²) in [6.07, 6.45) is 0. The summed E-state index contributed by atoms with van der Waals surface area (Å²) in [5.41, 5.74) is 2.75. The van der Waals surface area contributed by atoms with E-state index in [4.69, 9.17) is 39.2 Å². The van der Waals surface area contributed by atoms with Crippen LogP contribution in [0.25, 0.3) is 22.6 Å². The van der Waals surface area contributed by atoms with Crippen molar-refractivity contribution in [3.05, 3.63) is 81.3 Å². The predicted octanol–water partition coefficient (Wildman–Crippen LogP) is 6.71. The van der Waals surface area contributed by atoms with Crippen LogP contribution in [-0.2, 0) is 0 Å². The summed E-state index contributed by atoms with van der Waals surface area (Å²) in [5, 5.41) is 4.15. The second-order valence-electron chi connectivity index (χ2n) is 5.75. The van der Waals surface area contributed by atoms with Crippen LogP contribution >= 0.6 is 34.8 Å². The fraction of sp³-hybridized carbons (Fsp3) is 0. The number of halogens is 3. The molecule has 0 unspecified atom stereocenters. The van der Waals surface area contributed by atoms with Gasteiger partial charge >= 0.3 is 0 Å². The molecule has 3 aromatic carbocycles. The van der Waals surface area contributed by atoms with E-state index in [1.807, 2.05) is 18.2 Å². The first-order chi connectivity index (χ1) is 13.0. The normalized spacial score (nSPS) is 10.9. The SMILES string of the molecule is O=C(Nc1ccccc1-c1nc2cc(Cl)ccc2o1)c1ccc(Cl)cc1Cl. The van der Waals surface area contributed by atoms with Crippen molar-refractivity contribution in [1.29, 1.82) is 0 Å². The number of para-hydroxylation sites is 1. The molecule has 0 fully saturated rings. The van der Waals surface area contributed by atoms with E-state index in [2.05, 4.69) is 10.3 Å². The number of amides is 1. The Kier molecular flexibility index (Phi) is 4.79. The molecule has 0 saturated heterocycles. The molecule has 1 N–H and O–H groups in total. The lowest BCUT2D eigenvalue weighted by molar-refractivity contribution is 0.102. The minimum Gasteiger partial charge on any atom is -0.436 e. The number of carbonyl (C=O) groups is 1. The number of nitrogens with one attached hydrogen (secondary N) is 1. The van der Waals surface area contributed by atoms with Crippen molar-refractivity contribution >= 4 is 57.5 Å². The van der Waals surface area contributed by atoms with Gasteiger partial charge in [0, 0.05) is 10.0 Å². The van der Waals surface area contributed by atoms with Gasteiger partial charge in [-0.3, -0.25) is 4.79 Å². The van der Waals surface area contributed by atoms with Gasteiger partial charge in [-0.1, -0.05) is 46.9 Å². The highest BCUT2D eigenvalue weighted by atomic mass is 35.5. The predicted molar refractivity (Wildman–Crippen MR) is 109 cm³/mol. The molecular weight excluding hydrogens is 407 g/mol. The molecule has 1 heterocycles. The molecule has 4 nitrogen and oxygen atoms in total. The van der Waals surface area contributed by atoms with E-state index >= 15 is 0 Å². The lowest BCUT2D eigenvalue weighted by Crippen LogP contribution is -2.13. The third-order valence-corrected chi connectivity index (χ3v) is 4.71. The van der Waals surface area contributed by atoms with Gasteiger partial charge in [-0.25, -0.2) is 4.98 Å². The molecule has 0 aliphatic rings. The van der Waals surface area contributed by atoms with Crippen LogP contribution < -0.4 is 5.32 Å². The molecule has 1 amide bonds. The highest BCUT2D eigenvalue weighted by Gasteiger charge is 2.16. The zero-order chi connectivity index (χ0) is 19.0. The standard InChI is InChI=1S/C20H11Cl3N2O2/c21-11-5-7-13(15(23)9-11)19(26)24-16-4-2-1-3-14(16)20-25-17-10-12(22)6-8-18(17)27-20/h1-10H,(H,24,26). The Morgan fingerprint density at radius 3 is 2.48 bits per heavy atom. The molecule has 0 spiro atoms. The molecule has 0 aliphatic carbocycles. The Balaban J connectivity index is 1.71. The Bertz CT molecular complexity index is 1170. The number of hydrogen-bond donors (Lipinski definition) is 1. The second kappa shape index (κ2) is 7.24.